The van der Waals surface area contributed by atoms with Gasteiger partial charge in [0.05, 0.1) is 0 Å². The van der Waals surface area contributed by atoms with Crippen LogP contribution in [0, 0.1) is 18.3 Å². The molecular weight excluding hydrogens is 116 g/mol. The van der Waals surface area contributed by atoms with E-state index in [1.54, 1.807) is 0 Å². The van der Waals surface area contributed by atoms with E-state index in [4.69, 9.17) is 18.6 Å². The Balaban J connectivity index is 2.47. The van der Waals surface area contributed by atoms with Crippen LogP contribution < -0.4 is 0 Å². The molecule has 0 radical (unpaired) electrons. The van der Waals surface area contributed by atoms with Crippen LogP contribution in [0.3, 0.4) is 0 Å². The van der Waals surface area contributed by atoms with Crippen molar-refractivity contribution in [1.29, 1.82) is 0 Å². The molecule has 0 heterocycles. The fourth-order valence-electron chi connectivity index (χ4n) is 0.956. The van der Waals surface area contributed by atoms with E-state index in [1.807, 2.05) is 0 Å². The molecule has 0 aromatic carbocycles. The minimum absolute atomic E-state index is 0.461. The average molecular weight is 124 g/mol. The molecule has 1 unspecified atom stereocenters. The van der Waals surface area contributed by atoms with Gasteiger partial charge in [0.2, 0.25) is 0 Å². The van der Waals surface area contributed by atoms with Crippen LogP contribution in [-0.4, -0.2) is 4.86 Å². The van der Waals surface area contributed by atoms with E-state index < -0.39 is 0 Å². The Kier molecular flexibility index (Phi) is 1.65. The van der Waals surface area contributed by atoms with Crippen LogP contribution in [-0.2, 0) is 0 Å². The maximum Gasteiger partial charge on any atom is 0.0248 e. The molecule has 1 aliphatic carbocycles. The molecule has 1 rings (SSSR count). The van der Waals surface area contributed by atoms with Gasteiger partial charge in [-0.3, -0.25) is 0 Å². The van der Waals surface area contributed by atoms with Crippen LogP contribution >= 0.6 is 12.2 Å². The van der Waals surface area contributed by atoms with E-state index in [9.17, 15) is 0 Å². The highest BCUT2D eigenvalue weighted by molar-refractivity contribution is 7.80. The Morgan fingerprint density at radius 2 is 2.50 bits per heavy atom. The summed E-state index contributed by atoms with van der Waals surface area (Å²) in [5.41, 5.74) is 0. The molecule has 1 aliphatic rings. The molecule has 0 bridgehead atoms. The van der Waals surface area contributed by atoms with Gasteiger partial charge >= 0.3 is 0 Å². The molecule has 8 heavy (non-hydrogen) atoms. The molecule has 0 amide bonds. The third-order valence-electron chi connectivity index (χ3n) is 1.48. The second-order valence-electron chi connectivity index (χ2n) is 2.15. The molecular formula is C7H8S. The number of rotatable bonds is 0. The summed E-state index contributed by atoms with van der Waals surface area (Å²) >= 11 is 4.97. The number of hydrogen-bond acceptors (Lipinski definition) is 1. The first-order valence-corrected chi connectivity index (χ1v) is 3.21. The van der Waals surface area contributed by atoms with Gasteiger partial charge in [0.25, 0.3) is 0 Å². The van der Waals surface area contributed by atoms with Gasteiger partial charge in [-0.1, -0.05) is 12.2 Å². The smallest absolute Gasteiger partial charge is 0.0248 e. The molecule has 0 aromatic heterocycles. The molecule has 1 fully saturated rings. The maximum absolute atomic E-state index is 5.19. The highest BCUT2D eigenvalue weighted by Gasteiger charge is 2.15. The second-order valence-corrected chi connectivity index (χ2v) is 2.72. The predicted molar refractivity (Wildman–Crippen MR) is 38.8 cm³/mol. The van der Waals surface area contributed by atoms with Crippen LogP contribution in [0.15, 0.2) is 0 Å². The Labute approximate surface area is 55.3 Å². The lowest BCUT2D eigenvalue weighted by Crippen LogP contribution is -1.87. The topological polar surface area (TPSA) is 0 Å². The summed E-state index contributed by atoms with van der Waals surface area (Å²) in [5.74, 6) is 3.17. The van der Waals surface area contributed by atoms with E-state index in [2.05, 4.69) is 5.92 Å². The molecule has 0 N–H and O–H groups in total. The van der Waals surface area contributed by atoms with E-state index in [0.29, 0.717) is 5.92 Å². The zero-order valence-electron chi connectivity index (χ0n) is 4.68. The molecule has 0 spiro atoms. The fraction of sp³-hybridized carbons (Fsp3) is 0.571. The van der Waals surface area contributed by atoms with E-state index in [0.717, 1.165) is 24.1 Å². The third kappa shape index (κ3) is 1.08. The van der Waals surface area contributed by atoms with Crippen molar-refractivity contribution in [1.82, 2.24) is 0 Å². The predicted octanol–water partition coefficient (Wildman–Crippen LogP) is 1.79. The summed E-state index contributed by atoms with van der Waals surface area (Å²) < 4.78 is 0. The van der Waals surface area contributed by atoms with Gasteiger partial charge in [0, 0.05) is 5.92 Å². The Morgan fingerprint density at radius 1 is 1.75 bits per heavy atom. The highest BCUT2D eigenvalue weighted by Crippen LogP contribution is 2.21. The normalized spacial score (nSPS) is 27.9. The first-order valence-electron chi connectivity index (χ1n) is 2.81. The van der Waals surface area contributed by atoms with Gasteiger partial charge < -0.3 is 0 Å². The fourth-order valence-corrected chi connectivity index (χ4v) is 1.28. The number of thiocarbonyl (C=S) groups is 1. The quantitative estimate of drug-likeness (QED) is 0.350. The molecule has 1 heteroatoms. The van der Waals surface area contributed by atoms with Crippen molar-refractivity contribution in [2.24, 2.45) is 5.92 Å². The van der Waals surface area contributed by atoms with Crippen molar-refractivity contribution in [3.63, 3.8) is 0 Å². The number of terminal acetylenes is 1. The number of hydrogen-bond donors (Lipinski definition) is 0. The molecule has 0 nitrogen and oxygen atoms in total. The van der Waals surface area contributed by atoms with Crippen molar-refractivity contribution >= 4 is 17.1 Å². The zero-order chi connectivity index (χ0) is 5.98. The van der Waals surface area contributed by atoms with Crippen molar-refractivity contribution in [3.8, 4) is 12.3 Å². The molecule has 0 saturated heterocycles. The summed E-state index contributed by atoms with van der Waals surface area (Å²) in [6, 6.07) is 0. The standard InChI is InChI=1S/C7H8S/c1-2-6-3-4-7(8)5-6/h1,6H,3-5H2. The zero-order valence-corrected chi connectivity index (χ0v) is 5.50. The molecule has 42 valence electrons. The van der Waals surface area contributed by atoms with Crippen molar-refractivity contribution < 1.29 is 0 Å². The molecule has 1 saturated carbocycles. The molecule has 0 aromatic rings. The SMILES string of the molecule is C#CC1CCC(=S)C1. The minimum Gasteiger partial charge on any atom is -0.120 e. The van der Waals surface area contributed by atoms with E-state index in [-0.39, 0.29) is 0 Å². The van der Waals surface area contributed by atoms with Crippen LogP contribution in [0.2, 0.25) is 0 Å². The van der Waals surface area contributed by atoms with Gasteiger partial charge in [-0.15, -0.1) is 12.3 Å². The maximum atomic E-state index is 5.19. The van der Waals surface area contributed by atoms with E-state index >= 15 is 0 Å². The van der Waals surface area contributed by atoms with E-state index in [1.165, 1.54) is 0 Å². The van der Waals surface area contributed by atoms with Crippen LogP contribution in [0.25, 0.3) is 0 Å². The average Bonchev–Trinajstić information content (AvgIpc) is 2.14. The minimum atomic E-state index is 0.461. The summed E-state index contributed by atoms with van der Waals surface area (Å²) in [6.07, 6.45) is 8.37. The Morgan fingerprint density at radius 3 is 2.75 bits per heavy atom. The lowest BCUT2D eigenvalue weighted by molar-refractivity contribution is 0.722. The van der Waals surface area contributed by atoms with Gasteiger partial charge in [0.15, 0.2) is 0 Å². The van der Waals surface area contributed by atoms with Crippen LogP contribution in [0.4, 0.5) is 0 Å². The first kappa shape index (κ1) is 5.78. The van der Waals surface area contributed by atoms with Crippen molar-refractivity contribution in [2.45, 2.75) is 19.3 Å². The van der Waals surface area contributed by atoms with Gasteiger partial charge in [-0.05, 0) is 24.1 Å². The van der Waals surface area contributed by atoms with Gasteiger partial charge in [-0.25, -0.2) is 0 Å². The third-order valence-corrected chi connectivity index (χ3v) is 1.85. The van der Waals surface area contributed by atoms with Crippen molar-refractivity contribution in [3.05, 3.63) is 0 Å². The lowest BCUT2D eigenvalue weighted by atomic mass is 10.1. The first-order chi connectivity index (χ1) is 3.83. The summed E-state index contributed by atoms with van der Waals surface area (Å²) in [5, 5.41) is 0. The molecule has 1 atom stereocenters. The van der Waals surface area contributed by atoms with Crippen LogP contribution in [0.5, 0.6) is 0 Å². The Bertz CT molecular complexity index is 141. The van der Waals surface area contributed by atoms with Crippen molar-refractivity contribution in [2.75, 3.05) is 0 Å². The lowest BCUT2D eigenvalue weighted by Gasteiger charge is -1.91. The molecule has 0 aliphatic heterocycles. The summed E-state index contributed by atoms with van der Waals surface area (Å²) in [6.45, 7) is 0. The van der Waals surface area contributed by atoms with Gasteiger partial charge in [-0.2, -0.15) is 0 Å². The summed E-state index contributed by atoms with van der Waals surface area (Å²) in [7, 11) is 0. The second kappa shape index (κ2) is 2.28. The Hall–Kier alpha value is -0.350. The largest absolute Gasteiger partial charge is 0.120 e. The monoisotopic (exact) mass is 124 g/mol. The highest BCUT2D eigenvalue weighted by atomic mass is 32.1. The summed E-state index contributed by atoms with van der Waals surface area (Å²) in [4.78, 5) is 1.16. The van der Waals surface area contributed by atoms with Crippen LogP contribution in [0.1, 0.15) is 19.3 Å². The van der Waals surface area contributed by atoms with Gasteiger partial charge in [0.1, 0.15) is 0 Å².